The lowest BCUT2D eigenvalue weighted by molar-refractivity contribution is 0.0442. The molecule has 102 valence electrons. The maximum Gasteiger partial charge on any atom is 0.140 e. The van der Waals surface area contributed by atoms with Gasteiger partial charge in [0.1, 0.15) is 12.2 Å². The molecule has 0 amide bonds. The van der Waals surface area contributed by atoms with E-state index in [1.165, 1.54) is 0 Å². The van der Waals surface area contributed by atoms with Gasteiger partial charge in [0.2, 0.25) is 0 Å². The lowest BCUT2D eigenvalue weighted by Gasteiger charge is -2.34. The molecular formula is C13H24N4O. The summed E-state index contributed by atoms with van der Waals surface area (Å²) in [6.45, 7) is 10.1. The summed E-state index contributed by atoms with van der Waals surface area (Å²) in [6.07, 6.45) is 3.77. The smallest absolute Gasteiger partial charge is 0.140 e. The van der Waals surface area contributed by atoms with Gasteiger partial charge in [0, 0.05) is 25.3 Å². The fraction of sp³-hybridized carbons (Fsp3) is 0.846. The van der Waals surface area contributed by atoms with E-state index in [-0.39, 0.29) is 5.54 Å². The minimum atomic E-state index is 0.173. The summed E-state index contributed by atoms with van der Waals surface area (Å²) in [7, 11) is 0. The zero-order chi connectivity index (χ0) is 13.0. The number of nitrogens with one attached hydrogen (secondary N) is 1. The van der Waals surface area contributed by atoms with Crippen LogP contribution < -0.4 is 5.32 Å². The van der Waals surface area contributed by atoms with Crippen LogP contribution in [0, 0.1) is 5.92 Å². The highest BCUT2D eigenvalue weighted by molar-refractivity contribution is 4.91. The summed E-state index contributed by atoms with van der Waals surface area (Å²) < 4.78 is 7.41. The Labute approximate surface area is 109 Å². The molecule has 1 N–H and O–H groups in total. The molecule has 1 aromatic heterocycles. The molecule has 1 saturated heterocycles. The van der Waals surface area contributed by atoms with Gasteiger partial charge in [-0.2, -0.15) is 5.10 Å². The molecule has 18 heavy (non-hydrogen) atoms. The molecule has 1 aliphatic rings. The Kier molecular flexibility index (Phi) is 4.35. The van der Waals surface area contributed by atoms with Gasteiger partial charge in [0.25, 0.3) is 0 Å². The van der Waals surface area contributed by atoms with E-state index in [1.54, 1.807) is 6.33 Å². The van der Waals surface area contributed by atoms with Crippen molar-refractivity contribution >= 4 is 0 Å². The van der Waals surface area contributed by atoms with Crippen LogP contribution in [-0.2, 0) is 17.8 Å². The summed E-state index contributed by atoms with van der Waals surface area (Å²) in [5.41, 5.74) is 0.173. The summed E-state index contributed by atoms with van der Waals surface area (Å²) in [5.74, 6) is 1.61. The van der Waals surface area contributed by atoms with Crippen LogP contribution in [-0.4, -0.2) is 33.5 Å². The van der Waals surface area contributed by atoms with Crippen molar-refractivity contribution in [1.82, 2.24) is 20.1 Å². The Morgan fingerprint density at radius 1 is 1.44 bits per heavy atom. The van der Waals surface area contributed by atoms with Crippen molar-refractivity contribution in [3.8, 4) is 0 Å². The van der Waals surface area contributed by atoms with Crippen molar-refractivity contribution in [3.05, 3.63) is 12.2 Å². The third-order valence-corrected chi connectivity index (χ3v) is 3.50. The van der Waals surface area contributed by atoms with Gasteiger partial charge in [-0.15, -0.1) is 0 Å². The first kappa shape index (κ1) is 13.5. The molecule has 0 spiro atoms. The highest BCUT2D eigenvalue weighted by Crippen LogP contribution is 2.20. The van der Waals surface area contributed by atoms with Gasteiger partial charge in [-0.3, -0.25) is 0 Å². The average Bonchev–Trinajstić information content (AvgIpc) is 2.74. The summed E-state index contributed by atoms with van der Waals surface area (Å²) >= 11 is 0. The first-order valence-electron chi connectivity index (χ1n) is 6.78. The zero-order valence-corrected chi connectivity index (χ0v) is 11.6. The van der Waals surface area contributed by atoms with E-state index in [1.807, 2.05) is 4.68 Å². The standard InChI is InChI=1S/C13H24N4O/c1-11(2)9-17-12(14-10-16-17)8-15-13(3)4-6-18-7-5-13/h10-11,15H,4-9H2,1-3H3. The van der Waals surface area contributed by atoms with Gasteiger partial charge in [0.15, 0.2) is 0 Å². The van der Waals surface area contributed by atoms with E-state index in [0.29, 0.717) is 5.92 Å². The van der Waals surface area contributed by atoms with Crippen LogP contribution >= 0.6 is 0 Å². The van der Waals surface area contributed by atoms with E-state index in [9.17, 15) is 0 Å². The molecule has 0 atom stereocenters. The van der Waals surface area contributed by atoms with Gasteiger partial charge >= 0.3 is 0 Å². The van der Waals surface area contributed by atoms with Crippen LogP contribution in [0.4, 0.5) is 0 Å². The van der Waals surface area contributed by atoms with Crippen LogP contribution in [0.3, 0.4) is 0 Å². The van der Waals surface area contributed by atoms with E-state index < -0.39 is 0 Å². The Morgan fingerprint density at radius 3 is 2.83 bits per heavy atom. The lowest BCUT2D eigenvalue weighted by Crippen LogP contribution is -2.46. The fourth-order valence-electron chi connectivity index (χ4n) is 2.21. The van der Waals surface area contributed by atoms with Gasteiger partial charge in [0.05, 0.1) is 6.54 Å². The first-order valence-corrected chi connectivity index (χ1v) is 6.78. The molecule has 1 fully saturated rings. The van der Waals surface area contributed by atoms with Crippen LogP contribution in [0.25, 0.3) is 0 Å². The normalized spacial score (nSPS) is 19.3. The maximum atomic E-state index is 5.41. The van der Waals surface area contributed by atoms with Crippen molar-refractivity contribution in [3.63, 3.8) is 0 Å². The van der Waals surface area contributed by atoms with Crippen LogP contribution in [0.1, 0.15) is 39.4 Å². The molecule has 1 aromatic rings. The van der Waals surface area contributed by atoms with Crippen molar-refractivity contribution in [2.45, 2.75) is 52.2 Å². The largest absolute Gasteiger partial charge is 0.381 e. The third kappa shape index (κ3) is 3.53. The minimum absolute atomic E-state index is 0.173. The third-order valence-electron chi connectivity index (χ3n) is 3.50. The van der Waals surface area contributed by atoms with Crippen LogP contribution in [0.15, 0.2) is 6.33 Å². The minimum Gasteiger partial charge on any atom is -0.381 e. The van der Waals surface area contributed by atoms with Crippen molar-refractivity contribution in [2.24, 2.45) is 5.92 Å². The predicted molar refractivity (Wildman–Crippen MR) is 70.2 cm³/mol. The number of hydrogen-bond acceptors (Lipinski definition) is 4. The van der Waals surface area contributed by atoms with E-state index >= 15 is 0 Å². The van der Waals surface area contributed by atoms with Gasteiger partial charge in [-0.05, 0) is 25.7 Å². The summed E-state index contributed by atoms with van der Waals surface area (Å²) in [5, 5.41) is 7.89. The predicted octanol–water partition coefficient (Wildman–Crippen LogP) is 1.59. The second kappa shape index (κ2) is 5.80. The van der Waals surface area contributed by atoms with Gasteiger partial charge in [-0.25, -0.2) is 9.67 Å². The van der Waals surface area contributed by atoms with Crippen molar-refractivity contribution in [1.29, 1.82) is 0 Å². The molecule has 2 rings (SSSR count). The molecule has 0 aliphatic carbocycles. The molecule has 5 nitrogen and oxygen atoms in total. The van der Waals surface area contributed by atoms with Crippen molar-refractivity contribution in [2.75, 3.05) is 13.2 Å². The second-order valence-corrected chi connectivity index (χ2v) is 5.78. The fourth-order valence-corrected chi connectivity index (χ4v) is 2.21. The topological polar surface area (TPSA) is 52.0 Å². The van der Waals surface area contributed by atoms with E-state index in [2.05, 4.69) is 36.2 Å². The van der Waals surface area contributed by atoms with E-state index in [4.69, 9.17) is 4.74 Å². The number of hydrogen-bond donors (Lipinski definition) is 1. The van der Waals surface area contributed by atoms with Gasteiger partial charge < -0.3 is 10.1 Å². The summed E-state index contributed by atoms with van der Waals surface area (Å²) in [6, 6.07) is 0. The molecule has 0 aromatic carbocycles. The molecule has 0 unspecified atom stereocenters. The average molecular weight is 252 g/mol. The Morgan fingerprint density at radius 2 is 2.17 bits per heavy atom. The monoisotopic (exact) mass is 252 g/mol. The Balaban J connectivity index is 1.91. The quantitative estimate of drug-likeness (QED) is 0.864. The molecule has 1 aliphatic heterocycles. The number of ether oxygens (including phenoxy) is 1. The summed E-state index contributed by atoms with van der Waals surface area (Å²) in [4.78, 5) is 4.34. The Bertz CT molecular complexity index is 369. The first-order chi connectivity index (χ1) is 8.59. The number of aromatic nitrogens is 3. The van der Waals surface area contributed by atoms with E-state index in [0.717, 1.165) is 45.0 Å². The Hall–Kier alpha value is -0.940. The second-order valence-electron chi connectivity index (χ2n) is 5.78. The lowest BCUT2D eigenvalue weighted by atomic mass is 9.92. The molecule has 2 heterocycles. The molecule has 0 radical (unpaired) electrons. The molecular weight excluding hydrogens is 228 g/mol. The number of nitrogens with zero attached hydrogens (tertiary/aromatic N) is 3. The highest BCUT2D eigenvalue weighted by atomic mass is 16.5. The van der Waals surface area contributed by atoms with Crippen LogP contribution in [0.5, 0.6) is 0 Å². The highest BCUT2D eigenvalue weighted by Gasteiger charge is 2.26. The zero-order valence-electron chi connectivity index (χ0n) is 11.6. The molecule has 5 heteroatoms. The van der Waals surface area contributed by atoms with Crippen molar-refractivity contribution < 1.29 is 4.74 Å². The maximum absolute atomic E-state index is 5.41. The van der Waals surface area contributed by atoms with Crippen LogP contribution in [0.2, 0.25) is 0 Å². The molecule has 0 bridgehead atoms. The molecule has 0 saturated carbocycles. The SMILES string of the molecule is CC(C)Cn1ncnc1CNC1(C)CCOCC1. The van der Waals surface area contributed by atoms with Gasteiger partial charge in [-0.1, -0.05) is 13.8 Å². The number of rotatable bonds is 5.